The number of nitrogens with one attached hydrogen (secondary N) is 1. The quantitative estimate of drug-likeness (QED) is 0.809. The van der Waals surface area contributed by atoms with Crippen molar-refractivity contribution < 1.29 is 0 Å². The molecule has 2 unspecified atom stereocenters. The Kier molecular flexibility index (Phi) is 4.38. The van der Waals surface area contributed by atoms with Crippen LogP contribution in [0.4, 0.5) is 0 Å². The van der Waals surface area contributed by atoms with Gasteiger partial charge in [0.05, 0.1) is 6.04 Å². The van der Waals surface area contributed by atoms with Crippen LogP contribution in [0, 0.1) is 12.3 Å². The minimum atomic E-state index is 0.0991. The van der Waals surface area contributed by atoms with Gasteiger partial charge in [-0.2, -0.15) is 0 Å². The Morgan fingerprint density at radius 2 is 2.06 bits per heavy atom. The Bertz CT molecular complexity index is 465. The number of terminal acetylenes is 1. The zero-order valence-corrected chi connectivity index (χ0v) is 11.4. The van der Waals surface area contributed by atoms with Crippen LogP contribution in [0.3, 0.4) is 0 Å². The van der Waals surface area contributed by atoms with E-state index in [2.05, 4.69) is 46.3 Å². The van der Waals surface area contributed by atoms with Crippen LogP contribution in [0.5, 0.6) is 0 Å². The Hall–Kier alpha value is -1.08. The van der Waals surface area contributed by atoms with E-state index in [4.69, 9.17) is 6.42 Å². The van der Waals surface area contributed by atoms with Gasteiger partial charge in [-0.3, -0.25) is 5.32 Å². The van der Waals surface area contributed by atoms with E-state index in [1.807, 2.05) is 6.92 Å². The molecule has 0 radical (unpaired) electrons. The van der Waals surface area contributed by atoms with Gasteiger partial charge in [-0.05, 0) is 29.8 Å². The van der Waals surface area contributed by atoms with Crippen LogP contribution in [-0.2, 0) is 6.42 Å². The predicted octanol–water partition coefficient (Wildman–Crippen LogP) is 3.70. The van der Waals surface area contributed by atoms with Crippen molar-refractivity contribution in [2.24, 2.45) is 0 Å². The fourth-order valence-corrected chi connectivity index (χ4v) is 3.25. The van der Waals surface area contributed by atoms with Gasteiger partial charge in [-0.1, -0.05) is 18.1 Å². The highest BCUT2D eigenvalue weighted by Gasteiger charge is 2.15. The highest BCUT2D eigenvalue weighted by Crippen LogP contribution is 2.25. The largest absolute Gasteiger partial charge is 0.296 e. The van der Waals surface area contributed by atoms with Gasteiger partial charge >= 0.3 is 0 Å². The third-order valence-electron chi connectivity index (χ3n) is 2.57. The minimum absolute atomic E-state index is 0.0991. The molecule has 0 aliphatic carbocycles. The van der Waals surface area contributed by atoms with E-state index in [1.54, 1.807) is 22.7 Å². The molecule has 0 aromatic carbocycles. The lowest BCUT2D eigenvalue weighted by atomic mass is 10.1. The second kappa shape index (κ2) is 6.02. The summed E-state index contributed by atoms with van der Waals surface area (Å²) >= 11 is 3.58. The van der Waals surface area contributed by atoms with Crippen LogP contribution in [0.15, 0.2) is 35.0 Å². The van der Waals surface area contributed by atoms with Gasteiger partial charge in [-0.15, -0.1) is 29.1 Å². The molecule has 1 nitrogen and oxygen atoms in total. The highest BCUT2D eigenvalue weighted by atomic mass is 32.1. The zero-order chi connectivity index (χ0) is 12.1. The lowest BCUT2D eigenvalue weighted by Gasteiger charge is -2.19. The molecule has 0 spiro atoms. The molecule has 0 aliphatic rings. The molecular formula is C14H15NS2. The van der Waals surface area contributed by atoms with E-state index in [9.17, 15) is 0 Å². The van der Waals surface area contributed by atoms with Gasteiger partial charge < -0.3 is 0 Å². The van der Waals surface area contributed by atoms with Crippen molar-refractivity contribution in [3.05, 3.63) is 44.8 Å². The van der Waals surface area contributed by atoms with E-state index in [1.165, 1.54) is 9.75 Å². The Morgan fingerprint density at radius 1 is 1.29 bits per heavy atom. The minimum Gasteiger partial charge on any atom is -0.296 e. The molecule has 0 amide bonds. The Labute approximate surface area is 111 Å². The van der Waals surface area contributed by atoms with Gasteiger partial charge in [0.25, 0.3) is 0 Å². The summed E-state index contributed by atoms with van der Waals surface area (Å²) in [5.41, 5.74) is 0. The molecule has 0 saturated carbocycles. The Balaban J connectivity index is 2.11. The van der Waals surface area contributed by atoms with Crippen LogP contribution < -0.4 is 5.32 Å². The van der Waals surface area contributed by atoms with Gasteiger partial charge in [0.2, 0.25) is 0 Å². The van der Waals surface area contributed by atoms with Crippen LogP contribution in [0.2, 0.25) is 0 Å². The van der Waals surface area contributed by atoms with Crippen LogP contribution in [0.25, 0.3) is 0 Å². The first-order valence-corrected chi connectivity index (χ1v) is 7.33. The number of thiophene rings is 2. The average Bonchev–Trinajstić information content (AvgIpc) is 3.00. The summed E-state index contributed by atoms with van der Waals surface area (Å²) in [6, 6.07) is 8.94. The molecule has 2 heterocycles. The molecule has 0 bridgehead atoms. The van der Waals surface area contributed by atoms with E-state index < -0.39 is 0 Å². The predicted molar refractivity (Wildman–Crippen MR) is 76.5 cm³/mol. The first-order valence-electron chi connectivity index (χ1n) is 5.57. The molecule has 2 aromatic rings. The second-order valence-electron chi connectivity index (χ2n) is 3.91. The van der Waals surface area contributed by atoms with Crippen molar-refractivity contribution in [3.63, 3.8) is 0 Å². The molecular weight excluding hydrogens is 246 g/mol. The third-order valence-corrected chi connectivity index (χ3v) is 4.46. The topological polar surface area (TPSA) is 12.0 Å². The maximum absolute atomic E-state index is 5.44. The van der Waals surface area contributed by atoms with Crippen LogP contribution >= 0.6 is 22.7 Å². The fourth-order valence-electron chi connectivity index (χ4n) is 1.71. The van der Waals surface area contributed by atoms with Gasteiger partial charge in [0.15, 0.2) is 0 Å². The van der Waals surface area contributed by atoms with E-state index in [0.29, 0.717) is 6.04 Å². The molecule has 3 heteroatoms. The summed E-state index contributed by atoms with van der Waals surface area (Å²) in [4.78, 5) is 2.74. The molecule has 1 N–H and O–H groups in total. The fraction of sp³-hybridized carbons (Fsp3) is 0.286. The monoisotopic (exact) mass is 261 g/mol. The van der Waals surface area contributed by atoms with Gasteiger partial charge in [-0.25, -0.2) is 0 Å². The summed E-state index contributed by atoms with van der Waals surface area (Å²) in [6.45, 7) is 2.02. The average molecular weight is 261 g/mol. The van der Waals surface area contributed by atoms with E-state index in [0.717, 1.165) is 6.42 Å². The third kappa shape index (κ3) is 3.44. The lowest BCUT2D eigenvalue weighted by molar-refractivity contribution is 0.517. The van der Waals surface area contributed by atoms with Gasteiger partial charge in [0.1, 0.15) is 0 Å². The summed E-state index contributed by atoms with van der Waals surface area (Å²) in [5.74, 6) is 2.73. The maximum atomic E-state index is 5.44. The molecule has 0 aliphatic heterocycles. The first-order chi connectivity index (χ1) is 8.29. The van der Waals surface area contributed by atoms with Crippen molar-refractivity contribution >= 4 is 22.7 Å². The SMILES string of the molecule is C#CC(C)NC(Cc1cccs1)c1cccs1. The van der Waals surface area contributed by atoms with Crippen molar-refractivity contribution in [3.8, 4) is 12.3 Å². The van der Waals surface area contributed by atoms with Crippen LogP contribution in [-0.4, -0.2) is 6.04 Å². The second-order valence-corrected chi connectivity index (χ2v) is 5.92. The normalized spacial score (nSPS) is 14.1. The summed E-state index contributed by atoms with van der Waals surface area (Å²) in [6.07, 6.45) is 6.44. The molecule has 2 aromatic heterocycles. The standard InChI is InChI=1S/C14H15NS2/c1-3-11(2)15-13(14-7-5-9-17-14)10-12-6-4-8-16-12/h1,4-9,11,13,15H,10H2,2H3. The van der Waals surface area contributed by atoms with Crippen molar-refractivity contribution in [1.29, 1.82) is 0 Å². The molecule has 0 fully saturated rings. The maximum Gasteiger partial charge on any atom is 0.0663 e. The summed E-state index contributed by atoms with van der Waals surface area (Å²) < 4.78 is 0. The van der Waals surface area contributed by atoms with Crippen molar-refractivity contribution in [2.45, 2.75) is 25.4 Å². The zero-order valence-electron chi connectivity index (χ0n) is 9.72. The van der Waals surface area contributed by atoms with E-state index in [-0.39, 0.29) is 6.04 Å². The van der Waals surface area contributed by atoms with E-state index >= 15 is 0 Å². The highest BCUT2D eigenvalue weighted by molar-refractivity contribution is 7.10. The van der Waals surface area contributed by atoms with Crippen molar-refractivity contribution in [1.82, 2.24) is 5.32 Å². The first kappa shape index (κ1) is 12.4. The molecule has 0 saturated heterocycles. The number of hydrogen-bond acceptors (Lipinski definition) is 3. The number of rotatable bonds is 5. The summed E-state index contributed by atoms with van der Waals surface area (Å²) in [7, 11) is 0. The molecule has 2 rings (SSSR count). The molecule has 88 valence electrons. The lowest BCUT2D eigenvalue weighted by Crippen LogP contribution is -2.30. The number of hydrogen-bond donors (Lipinski definition) is 1. The van der Waals surface area contributed by atoms with Gasteiger partial charge in [0, 0.05) is 22.2 Å². The Morgan fingerprint density at radius 3 is 2.65 bits per heavy atom. The smallest absolute Gasteiger partial charge is 0.0663 e. The van der Waals surface area contributed by atoms with Crippen LogP contribution in [0.1, 0.15) is 22.7 Å². The van der Waals surface area contributed by atoms with Crippen molar-refractivity contribution in [2.75, 3.05) is 0 Å². The molecule has 2 atom stereocenters. The summed E-state index contributed by atoms with van der Waals surface area (Å²) in [5, 5.41) is 7.71. The molecule has 17 heavy (non-hydrogen) atoms.